The Morgan fingerprint density at radius 2 is 1.81 bits per heavy atom. The van der Waals surface area contributed by atoms with Gasteiger partial charge in [-0.05, 0) is 36.8 Å². The van der Waals surface area contributed by atoms with Gasteiger partial charge in [-0.1, -0.05) is 41.9 Å². The Morgan fingerprint density at radius 1 is 1.14 bits per heavy atom. The molecule has 3 nitrogen and oxygen atoms in total. The van der Waals surface area contributed by atoms with Crippen LogP contribution in [0.3, 0.4) is 0 Å². The topological polar surface area (TPSA) is 38.3 Å². The van der Waals surface area contributed by atoms with Gasteiger partial charge in [0.25, 0.3) is 0 Å². The van der Waals surface area contributed by atoms with Gasteiger partial charge >= 0.3 is 5.97 Å². The van der Waals surface area contributed by atoms with Crippen molar-refractivity contribution in [2.75, 3.05) is 11.9 Å². The molecule has 0 unspecified atom stereocenters. The first-order valence-electron chi connectivity index (χ1n) is 6.65. The first kappa shape index (κ1) is 15.1. The highest BCUT2D eigenvalue weighted by Crippen LogP contribution is 2.20. The monoisotopic (exact) mass is 301 g/mol. The predicted molar refractivity (Wildman–Crippen MR) is 86.1 cm³/mol. The Kier molecular flexibility index (Phi) is 5.41. The van der Waals surface area contributed by atoms with Crippen molar-refractivity contribution in [3.8, 4) is 0 Å². The average molecular weight is 302 g/mol. The molecule has 1 N–H and O–H groups in total. The maximum Gasteiger partial charge on any atom is 0.332 e. The van der Waals surface area contributed by atoms with Crippen LogP contribution in [0.1, 0.15) is 12.5 Å². The van der Waals surface area contributed by atoms with E-state index in [9.17, 15) is 4.79 Å². The molecule has 0 saturated carbocycles. The number of carbonyl (C=O) groups is 1. The van der Waals surface area contributed by atoms with Gasteiger partial charge in [-0.15, -0.1) is 0 Å². The molecule has 2 rings (SSSR count). The van der Waals surface area contributed by atoms with Gasteiger partial charge in [-0.3, -0.25) is 0 Å². The van der Waals surface area contributed by atoms with E-state index in [0.717, 1.165) is 11.3 Å². The standard InChI is InChI=1S/C17H16ClNO2/c1-2-21-17(20)12-16(13-6-4-3-5-7-13)19-15-10-8-14(18)9-11-15/h3-12,19H,2H2,1H3/b16-12-. The first-order chi connectivity index (χ1) is 10.2. The van der Waals surface area contributed by atoms with Crippen LogP contribution in [0.25, 0.3) is 5.70 Å². The number of nitrogens with one attached hydrogen (secondary N) is 1. The van der Waals surface area contributed by atoms with Crippen LogP contribution >= 0.6 is 11.6 Å². The zero-order valence-electron chi connectivity index (χ0n) is 11.7. The number of anilines is 1. The minimum Gasteiger partial charge on any atom is -0.463 e. The van der Waals surface area contributed by atoms with Crippen molar-refractivity contribution in [1.82, 2.24) is 0 Å². The van der Waals surface area contributed by atoms with Crippen LogP contribution in [0.4, 0.5) is 5.69 Å². The Morgan fingerprint density at radius 3 is 2.43 bits per heavy atom. The number of benzene rings is 2. The molecule has 0 fully saturated rings. The predicted octanol–water partition coefficient (Wildman–Crippen LogP) is 4.36. The molecule has 0 aliphatic heterocycles. The quantitative estimate of drug-likeness (QED) is 0.659. The number of esters is 1. The number of carbonyl (C=O) groups excluding carboxylic acids is 1. The summed E-state index contributed by atoms with van der Waals surface area (Å²) in [5.41, 5.74) is 2.43. The largest absolute Gasteiger partial charge is 0.463 e. The van der Waals surface area contributed by atoms with Crippen molar-refractivity contribution >= 4 is 29.0 Å². The van der Waals surface area contributed by atoms with E-state index in [-0.39, 0.29) is 5.97 Å². The summed E-state index contributed by atoms with van der Waals surface area (Å²) >= 11 is 5.87. The second kappa shape index (κ2) is 7.50. The SMILES string of the molecule is CCOC(=O)/C=C(\Nc1ccc(Cl)cc1)c1ccccc1. The summed E-state index contributed by atoms with van der Waals surface area (Å²) in [5, 5.41) is 3.88. The van der Waals surface area contributed by atoms with Gasteiger partial charge in [0.05, 0.1) is 12.3 Å². The normalized spacial score (nSPS) is 11.0. The molecule has 108 valence electrons. The molecule has 21 heavy (non-hydrogen) atoms. The van der Waals surface area contributed by atoms with Crippen LogP contribution in [-0.2, 0) is 9.53 Å². The second-order valence-electron chi connectivity index (χ2n) is 4.31. The molecule has 4 heteroatoms. The van der Waals surface area contributed by atoms with Crippen LogP contribution in [0.5, 0.6) is 0 Å². The van der Waals surface area contributed by atoms with Gasteiger partial charge in [-0.25, -0.2) is 4.79 Å². The molecule has 0 heterocycles. The number of halogens is 1. The Hall–Kier alpha value is -2.26. The van der Waals surface area contributed by atoms with Gasteiger partial charge < -0.3 is 10.1 Å². The maximum atomic E-state index is 11.7. The molecule has 0 aliphatic rings. The summed E-state index contributed by atoms with van der Waals surface area (Å²) in [6.45, 7) is 2.12. The van der Waals surface area contributed by atoms with E-state index >= 15 is 0 Å². The highest BCUT2D eigenvalue weighted by molar-refractivity contribution is 6.30. The summed E-state index contributed by atoms with van der Waals surface area (Å²) < 4.78 is 4.97. The lowest BCUT2D eigenvalue weighted by Crippen LogP contribution is -2.05. The third kappa shape index (κ3) is 4.65. The molecule has 0 amide bonds. The summed E-state index contributed by atoms with van der Waals surface area (Å²) in [5.74, 6) is -0.377. The number of ether oxygens (including phenoxy) is 1. The van der Waals surface area contributed by atoms with E-state index in [0.29, 0.717) is 17.3 Å². The molecule has 0 aliphatic carbocycles. The number of hydrogen-bond donors (Lipinski definition) is 1. The smallest absolute Gasteiger partial charge is 0.332 e. The van der Waals surface area contributed by atoms with Crippen molar-refractivity contribution in [3.63, 3.8) is 0 Å². The molecule has 2 aromatic rings. The van der Waals surface area contributed by atoms with Crippen LogP contribution in [0, 0.1) is 0 Å². The molecule has 0 aromatic heterocycles. The molecule has 0 spiro atoms. The fourth-order valence-corrected chi connectivity index (χ4v) is 1.93. The maximum absolute atomic E-state index is 11.7. The Bertz CT molecular complexity index is 621. The van der Waals surface area contributed by atoms with Crippen LogP contribution < -0.4 is 5.32 Å². The van der Waals surface area contributed by atoms with Gasteiger partial charge in [0, 0.05) is 16.8 Å². The highest BCUT2D eigenvalue weighted by atomic mass is 35.5. The molecular weight excluding hydrogens is 286 g/mol. The van der Waals surface area contributed by atoms with Gasteiger partial charge in [-0.2, -0.15) is 0 Å². The van der Waals surface area contributed by atoms with E-state index in [2.05, 4.69) is 5.32 Å². The van der Waals surface area contributed by atoms with Crippen molar-refractivity contribution < 1.29 is 9.53 Å². The van der Waals surface area contributed by atoms with Crippen LogP contribution in [0.15, 0.2) is 60.7 Å². The minimum atomic E-state index is -0.377. The van der Waals surface area contributed by atoms with E-state index in [1.54, 1.807) is 19.1 Å². The van der Waals surface area contributed by atoms with Crippen molar-refractivity contribution in [3.05, 3.63) is 71.3 Å². The lowest BCUT2D eigenvalue weighted by atomic mass is 10.1. The second-order valence-corrected chi connectivity index (χ2v) is 4.74. The molecule has 0 atom stereocenters. The fourth-order valence-electron chi connectivity index (χ4n) is 1.80. The fraction of sp³-hybridized carbons (Fsp3) is 0.118. The number of hydrogen-bond acceptors (Lipinski definition) is 3. The van der Waals surface area contributed by atoms with Gasteiger partial charge in [0.2, 0.25) is 0 Å². The van der Waals surface area contributed by atoms with Crippen molar-refractivity contribution in [1.29, 1.82) is 0 Å². The average Bonchev–Trinajstić information content (AvgIpc) is 2.50. The third-order valence-corrected chi connectivity index (χ3v) is 3.01. The number of rotatable bonds is 5. The zero-order valence-corrected chi connectivity index (χ0v) is 12.4. The van der Waals surface area contributed by atoms with Crippen molar-refractivity contribution in [2.45, 2.75) is 6.92 Å². The minimum absolute atomic E-state index is 0.346. The highest BCUT2D eigenvalue weighted by Gasteiger charge is 2.06. The Balaban J connectivity index is 2.28. The van der Waals surface area contributed by atoms with E-state index in [1.807, 2.05) is 42.5 Å². The van der Waals surface area contributed by atoms with E-state index in [1.165, 1.54) is 6.08 Å². The summed E-state index contributed by atoms with van der Waals surface area (Å²) in [4.78, 5) is 11.7. The summed E-state index contributed by atoms with van der Waals surface area (Å²) in [6.07, 6.45) is 1.45. The molecular formula is C17H16ClNO2. The van der Waals surface area contributed by atoms with Gasteiger partial charge in [0.1, 0.15) is 0 Å². The lowest BCUT2D eigenvalue weighted by molar-refractivity contribution is -0.137. The first-order valence-corrected chi connectivity index (χ1v) is 7.03. The van der Waals surface area contributed by atoms with Gasteiger partial charge in [0.15, 0.2) is 0 Å². The zero-order chi connectivity index (χ0) is 15.1. The summed E-state index contributed by atoms with van der Waals surface area (Å²) in [7, 11) is 0. The van der Waals surface area contributed by atoms with E-state index in [4.69, 9.17) is 16.3 Å². The molecule has 2 aromatic carbocycles. The van der Waals surface area contributed by atoms with Crippen LogP contribution in [0.2, 0.25) is 5.02 Å². The lowest BCUT2D eigenvalue weighted by Gasteiger charge is -2.11. The molecule has 0 radical (unpaired) electrons. The third-order valence-electron chi connectivity index (χ3n) is 2.76. The molecule has 0 bridgehead atoms. The molecule has 0 saturated heterocycles. The summed E-state index contributed by atoms with van der Waals surface area (Å²) in [6, 6.07) is 16.9. The van der Waals surface area contributed by atoms with Crippen molar-refractivity contribution in [2.24, 2.45) is 0 Å². The van der Waals surface area contributed by atoms with Crippen LogP contribution in [-0.4, -0.2) is 12.6 Å². The Labute approximate surface area is 129 Å². The van der Waals surface area contributed by atoms with E-state index < -0.39 is 0 Å².